The Balaban J connectivity index is 2.54. The Kier molecular flexibility index (Phi) is 4.97. The summed E-state index contributed by atoms with van der Waals surface area (Å²) < 4.78 is 5.39. The summed E-state index contributed by atoms with van der Waals surface area (Å²) in [6.07, 6.45) is -0.729. The predicted octanol–water partition coefficient (Wildman–Crippen LogP) is 1.10. The topological polar surface area (TPSA) is 81.4 Å². The van der Waals surface area contributed by atoms with E-state index in [2.05, 4.69) is 5.32 Å². The number of primary amides is 1. The second kappa shape index (κ2) is 6.26. The number of hydrogen-bond acceptors (Lipinski definition) is 3. The zero-order valence-corrected chi connectivity index (χ0v) is 10.9. The molecule has 0 aliphatic rings. The monoisotopic (exact) mass is 270 g/mol. The minimum Gasteiger partial charge on any atom is -0.481 e. The molecule has 0 spiro atoms. The maximum atomic E-state index is 11.7. The van der Waals surface area contributed by atoms with Gasteiger partial charge in [0.25, 0.3) is 5.91 Å². The van der Waals surface area contributed by atoms with Crippen LogP contribution in [0.15, 0.2) is 24.3 Å². The molecule has 1 aromatic carbocycles. The largest absolute Gasteiger partial charge is 0.481 e. The van der Waals surface area contributed by atoms with E-state index in [1.807, 2.05) is 0 Å². The van der Waals surface area contributed by atoms with Crippen LogP contribution >= 0.6 is 11.6 Å². The van der Waals surface area contributed by atoms with Gasteiger partial charge in [0, 0.05) is 5.02 Å². The standard InChI is InChI=1S/C12H15ClN2O3/c1-7(11(14)16)15-12(17)8(2)18-10-5-3-9(13)4-6-10/h3-8H,1-2H3,(H2,14,16)(H,15,17). The van der Waals surface area contributed by atoms with Crippen LogP contribution in [0.4, 0.5) is 0 Å². The van der Waals surface area contributed by atoms with E-state index >= 15 is 0 Å². The quantitative estimate of drug-likeness (QED) is 0.841. The van der Waals surface area contributed by atoms with Gasteiger partial charge >= 0.3 is 0 Å². The highest BCUT2D eigenvalue weighted by Gasteiger charge is 2.19. The molecule has 1 rings (SSSR count). The molecule has 98 valence electrons. The first-order valence-corrected chi connectivity index (χ1v) is 5.80. The highest BCUT2D eigenvalue weighted by atomic mass is 35.5. The van der Waals surface area contributed by atoms with Crippen molar-refractivity contribution in [3.8, 4) is 5.75 Å². The molecule has 0 saturated heterocycles. The molecule has 2 unspecified atom stereocenters. The van der Waals surface area contributed by atoms with Crippen LogP contribution in [0, 0.1) is 0 Å². The maximum absolute atomic E-state index is 11.7. The molecule has 2 atom stereocenters. The molecule has 0 fully saturated rings. The number of hydrogen-bond donors (Lipinski definition) is 2. The van der Waals surface area contributed by atoms with Crippen LogP contribution in [0.2, 0.25) is 5.02 Å². The number of carbonyl (C=O) groups excluding carboxylic acids is 2. The summed E-state index contributed by atoms with van der Waals surface area (Å²) in [5, 5.41) is 3.03. The maximum Gasteiger partial charge on any atom is 0.261 e. The zero-order valence-electron chi connectivity index (χ0n) is 10.1. The van der Waals surface area contributed by atoms with Gasteiger partial charge in [0.15, 0.2) is 6.10 Å². The number of rotatable bonds is 5. The lowest BCUT2D eigenvalue weighted by molar-refractivity contribution is -0.131. The predicted molar refractivity (Wildman–Crippen MR) is 68.3 cm³/mol. The summed E-state index contributed by atoms with van der Waals surface area (Å²) in [5.74, 6) is -0.480. The van der Waals surface area contributed by atoms with Crippen LogP contribution in [0.5, 0.6) is 5.75 Å². The van der Waals surface area contributed by atoms with Crippen LogP contribution in [0.3, 0.4) is 0 Å². The van der Waals surface area contributed by atoms with Crippen molar-refractivity contribution < 1.29 is 14.3 Å². The van der Waals surface area contributed by atoms with Crippen LogP contribution in [-0.4, -0.2) is 24.0 Å². The summed E-state index contributed by atoms with van der Waals surface area (Å²) in [6.45, 7) is 3.09. The third-order valence-corrected chi connectivity index (χ3v) is 2.53. The summed E-state index contributed by atoms with van der Waals surface area (Å²) >= 11 is 5.73. The van der Waals surface area contributed by atoms with E-state index in [0.717, 1.165) is 0 Å². The van der Waals surface area contributed by atoms with E-state index in [4.69, 9.17) is 22.1 Å². The first-order chi connectivity index (χ1) is 8.40. The molecule has 0 aliphatic heterocycles. The number of carbonyl (C=O) groups is 2. The normalized spacial score (nSPS) is 13.5. The van der Waals surface area contributed by atoms with Crippen molar-refractivity contribution in [2.75, 3.05) is 0 Å². The summed E-state index contributed by atoms with van der Waals surface area (Å²) in [4.78, 5) is 22.5. The fourth-order valence-electron chi connectivity index (χ4n) is 1.17. The Morgan fingerprint density at radius 3 is 2.33 bits per heavy atom. The Hall–Kier alpha value is -1.75. The van der Waals surface area contributed by atoms with E-state index in [9.17, 15) is 9.59 Å². The average molecular weight is 271 g/mol. The lowest BCUT2D eigenvalue weighted by Crippen LogP contribution is -2.47. The molecule has 0 saturated carbocycles. The van der Waals surface area contributed by atoms with Gasteiger partial charge in [-0.05, 0) is 38.1 Å². The first-order valence-electron chi connectivity index (χ1n) is 5.42. The summed E-state index contributed by atoms with van der Waals surface area (Å²) in [5.41, 5.74) is 5.04. The molecule has 18 heavy (non-hydrogen) atoms. The lowest BCUT2D eigenvalue weighted by atomic mass is 10.3. The number of amides is 2. The van der Waals surface area contributed by atoms with Gasteiger partial charge in [0.05, 0.1) is 0 Å². The minimum absolute atomic E-state index is 0.406. The van der Waals surface area contributed by atoms with E-state index in [-0.39, 0.29) is 0 Å². The number of benzene rings is 1. The second-order valence-electron chi connectivity index (χ2n) is 3.85. The van der Waals surface area contributed by atoms with Crippen LogP contribution in [0.25, 0.3) is 0 Å². The number of ether oxygens (including phenoxy) is 1. The number of halogens is 1. The van der Waals surface area contributed by atoms with Gasteiger partial charge in [-0.15, -0.1) is 0 Å². The SMILES string of the molecule is CC(NC(=O)C(C)Oc1ccc(Cl)cc1)C(N)=O. The van der Waals surface area contributed by atoms with E-state index in [1.165, 1.54) is 6.92 Å². The lowest BCUT2D eigenvalue weighted by Gasteiger charge is -2.16. The third-order valence-electron chi connectivity index (χ3n) is 2.28. The Morgan fingerprint density at radius 1 is 1.28 bits per heavy atom. The molecule has 0 radical (unpaired) electrons. The molecule has 0 aromatic heterocycles. The fraction of sp³-hybridized carbons (Fsp3) is 0.333. The van der Waals surface area contributed by atoms with Crippen molar-refractivity contribution in [3.05, 3.63) is 29.3 Å². The van der Waals surface area contributed by atoms with Gasteiger partial charge in [0.1, 0.15) is 11.8 Å². The molecule has 5 nitrogen and oxygen atoms in total. The number of nitrogens with one attached hydrogen (secondary N) is 1. The molecule has 0 heterocycles. The van der Waals surface area contributed by atoms with Gasteiger partial charge < -0.3 is 15.8 Å². The van der Waals surface area contributed by atoms with Crippen molar-refractivity contribution in [1.82, 2.24) is 5.32 Å². The zero-order chi connectivity index (χ0) is 13.7. The van der Waals surface area contributed by atoms with Crippen LogP contribution < -0.4 is 15.8 Å². The summed E-state index contributed by atoms with van der Waals surface area (Å²) in [7, 11) is 0. The number of nitrogens with two attached hydrogens (primary N) is 1. The summed E-state index contributed by atoms with van der Waals surface area (Å²) in [6, 6.07) is 5.91. The minimum atomic E-state index is -0.729. The van der Waals surface area contributed by atoms with Gasteiger partial charge in [-0.3, -0.25) is 9.59 Å². The fourth-order valence-corrected chi connectivity index (χ4v) is 1.30. The molecular weight excluding hydrogens is 256 g/mol. The van der Waals surface area contributed by atoms with Gasteiger partial charge in [-0.2, -0.15) is 0 Å². The smallest absolute Gasteiger partial charge is 0.261 e. The van der Waals surface area contributed by atoms with Gasteiger partial charge in [0.2, 0.25) is 5.91 Å². The van der Waals surface area contributed by atoms with Gasteiger partial charge in [-0.25, -0.2) is 0 Å². The molecule has 0 bridgehead atoms. The van der Waals surface area contributed by atoms with Crippen molar-refractivity contribution in [2.45, 2.75) is 26.0 Å². The van der Waals surface area contributed by atoms with E-state index < -0.39 is 24.0 Å². The Morgan fingerprint density at radius 2 is 1.83 bits per heavy atom. The Bertz CT molecular complexity index is 433. The Labute approximate surface area is 110 Å². The third kappa shape index (κ3) is 4.25. The average Bonchev–Trinajstić information content (AvgIpc) is 2.31. The van der Waals surface area contributed by atoms with Crippen molar-refractivity contribution in [2.24, 2.45) is 5.73 Å². The van der Waals surface area contributed by atoms with E-state index in [0.29, 0.717) is 10.8 Å². The van der Waals surface area contributed by atoms with Crippen molar-refractivity contribution in [3.63, 3.8) is 0 Å². The second-order valence-corrected chi connectivity index (χ2v) is 4.28. The molecule has 0 aliphatic carbocycles. The van der Waals surface area contributed by atoms with Crippen molar-refractivity contribution in [1.29, 1.82) is 0 Å². The highest BCUT2D eigenvalue weighted by Crippen LogP contribution is 2.16. The highest BCUT2D eigenvalue weighted by molar-refractivity contribution is 6.30. The van der Waals surface area contributed by atoms with Gasteiger partial charge in [-0.1, -0.05) is 11.6 Å². The first kappa shape index (κ1) is 14.3. The van der Waals surface area contributed by atoms with E-state index in [1.54, 1.807) is 31.2 Å². The van der Waals surface area contributed by atoms with Crippen molar-refractivity contribution >= 4 is 23.4 Å². The molecule has 6 heteroatoms. The van der Waals surface area contributed by atoms with Crippen LogP contribution in [0.1, 0.15) is 13.8 Å². The molecule has 2 amide bonds. The molecular formula is C12H15ClN2O3. The van der Waals surface area contributed by atoms with Crippen LogP contribution in [-0.2, 0) is 9.59 Å². The molecule has 1 aromatic rings. The molecule has 3 N–H and O–H groups in total.